The van der Waals surface area contributed by atoms with Crippen LogP contribution in [0.4, 0.5) is 0 Å². The van der Waals surface area contributed by atoms with Gasteiger partial charge in [-0.3, -0.25) is 9.80 Å². The number of aromatic hydroxyl groups is 2. The Bertz CT molecular complexity index is 1700. The number of carboxylic acids is 4. The van der Waals surface area contributed by atoms with Gasteiger partial charge in [0.15, 0.2) is 5.60 Å². The van der Waals surface area contributed by atoms with Crippen LogP contribution < -0.4 is 493 Å². The first-order valence-corrected chi connectivity index (χ1v) is 14.5. The third kappa shape index (κ3) is 32.5. The number of hydrogen-bond acceptors (Lipinski definition) is 15. The number of carbonyl (C=O) groups excluding carboxylic acids is 4. The molecule has 2 N–H and O–H groups in total. The average Bonchev–Trinajstić information content (AvgIpc) is 3.17. The summed E-state index contributed by atoms with van der Waals surface area (Å²) in [6.45, 7) is -4.26. The molecule has 4 rings (SSSR count). The summed E-state index contributed by atoms with van der Waals surface area (Å²) in [6.07, 6.45) is 0. The van der Waals surface area contributed by atoms with Gasteiger partial charge in [-0.15, -0.1) is 0 Å². The molecule has 238 valence electrons. The number of rotatable bonds is 14. The molecule has 0 atom stereocenters. The summed E-state index contributed by atoms with van der Waals surface area (Å²) < 4.78 is 32.5. The van der Waals surface area contributed by atoms with Crippen LogP contribution in [0.15, 0.2) is 65.6 Å². The maximum Gasteiger partial charge on any atom is 1.00 e. The number of aliphatic carboxylic acids is 4. The summed E-state index contributed by atoms with van der Waals surface area (Å²) in [5, 5.41) is 66.1. The van der Waals surface area contributed by atoms with Crippen molar-refractivity contribution in [3.05, 3.63) is 88.5 Å². The van der Waals surface area contributed by atoms with Crippen LogP contribution in [0.3, 0.4) is 0 Å². The maximum absolute atomic E-state index is 13.3. The Kier molecular flexibility index (Phi) is 88.4. The molecule has 0 bridgehead atoms. The van der Waals surface area contributed by atoms with E-state index >= 15 is 0 Å². The van der Waals surface area contributed by atoms with E-state index in [0.29, 0.717) is 0 Å². The normalized spacial score (nSPS) is 10.9. The van der Waals surface area contributed by atoms with E-state index in [1.807, 2.05) is 0 Å². The van der Waals surface area contributed by atoms with Gasteiger partial charge >= 0.3 is 473 Å². The van der Waals surface area contributed by atoms with Crippen LogP contribution in [0.5, 0.6) is 11.5 Å². The molecule has 61 heavy (non-hydrogen) atoms. The van der Waals surface area contributed by atoms with E-state index in [9.17, 15) is 58.2 Å². The molecule has 0 spiro atoms. The number of phenolic OH excluding ortho intramolecular Hbond substituents is 2. The van der Waals surface area contributed by atoms with Gasteiger partial charge in [0.25, 0.3) is 10.1 Å². The molecule has 0 unspecified atom stereocenters. The molecule has 32 heteroatoms. The second kappa shape index (κ2) is 51.7. The first kappa shape index (κ1) is 104. The van der Waals surface area contributed by atoms with Crippen molar-refractivity contribution in [2.45, 2.75) is 23.6 Å². The van der Waals surface area contributed by atoms with Crippen LogP contribution in [0, 0.1) is 0 Å². The summed E-state index contributed by atoms with van der Waals surface area (Å²) in [6, 6.07) is 13.3. The predicted octanol–water partition coefficient (Wildman–Crippen LogP) is -52.2. The van der Waals surface area contributed by atoms with Gasteiger partial charge < -0.3 is 49.8 Å². The summed E-state index contributed by atoms with van der Waals surface area (Å²) in [7, 11) is -4.45. The Morgan fingerprint density at radius 1 is 0.508 bits per heavy atom. The van der Waals surface area contributed by atoms with Crippen LogP contribution in [0.1, 0.15) is 27.8 Å². The SMILES string of the molecule is O=C([O-])CN(CC(=O)[O-])Cc1cc(C2(c3ccc(O)c(CN(CC(=O)[O-])CC(=O)[O-])c3)OS(=O)(=O)c3ccccc32)ccc1O.[Na+].[Na+].[Na+].[Na+].[Na+].[Na+].[Na+].[Na+].[Na+].[Na+].[Na+].[Na+].[Na+].[Na+].[Na+].[Na+]. The van der Waals surface area contributed by atoms with Crippen LogP contribution in [-0.4, -0.2) is 78.5 Å². The van der Waals surface area contributed by atoms with Gasteiger partial charge in [-0.1, -0.05) is 30.3 Å². The van der Waals surface area contributed by atoms with Crippen molar-refractivity contribution in [1.82, 2.24) is 9.80 Å². The molecule has 0 aromatic heterocycles. The number of phenols is 2. The fourth-order valence-electron chi connectivity index (χ4n) is 5.21. The summed E-state index contributed by atoms with van der Waals surface area (Å²) in [5.41, 5.74) is -1.81. The minimum Gasteiger partial charge on any atom is -0.549 e. The molecule has 0 amide bonds. The molecule has 0 saturated carbocycles. The number of fused-ring (bicyclic) bond motifs is 1. The van der Waals surface area contributed by atoms with Crippen LogP contribution in [-0.2, 0) is 52.2 Å². The Balaban J connectivity index is -0.000000131. The van der Waals surface area contributed by atoms with E-state index in [0.717, 1.165) is 9.80 Å². The van der Waals surface area contributed by atoms with Gasteiger partial charge in [-0.2, -0.15) is 8.42 Å². The fourth-order valence-corrected chi connectivity index (χ4v) is 6.64. The van der Waals surface area contributed by atoms with E-state index in [2.05, 4.69) is 0 Å². The Hall–Kier alpha value is 11.0. The van der Waals surface area contributed by atoms with Crippen molar-refractivity contribution in [2.24, 2.45) is 0 Å². The van der Waals surface area contributed by atoms with Crippen LogP contribution >= 0.6 is 0 Å². The zero-order chi connectivity index (χ0) is 33.1. The molecule has 15 nitrogen and oxygen atoms in total. The summed E-state index contributed by atoms with van der Waals surface area (Å²) in [4.78, 5) is 46.5. The fraction of sp³-hybridized carbons (Fsp3) is 0.241. The molecule has 0 aliphatic carbocycles. The molecule has 0 saturated heterocycles. The number of carboxylic acid groups (broad SMARTS) is 4. The first-order chi connectivity index (χ1) is 21.1. The van der Waals surface area contributed by atoms with E-state index in [-0.39, 0.29) is 506 Å². The van der Waals surface area contributed by atoms with Crippen LogP contribution in [0.2, 0.25) is 0 Å². The van der Waals surface area contributed by atoms with Gasteiger partial charge in [0.2, 0.25) is 0 Å². The van der Waals surface area contributed by atoms with Gasteiger partial charge in [0.05, 0.1) is 23.9 Å². The Morgan fingerprint density at radius 2 is 0.803 bits per heavy atom. The van der Waals surface area contributed by atoms with E-state index in [1.165, 1.54) is 60.7 Å². The van der Waals surface area contributed by atoms with Gasteiger partial charge in [-0.25, -0.2) is 4.18 Å². The first-order valence-electron chi connectivity index (χ1n) is 13.1. The quantitative estimate of drug-likeness (QED) is 0.112. The average molecular weight is 1010 g/mol. The van der Waals surface area contributed by atoms with Gasteiger partial charge in [0.1, 0.15) is 16.4 Å². The standard InChI is InChI=1S/C29H28N2O13S.16Na/c32-22-7-5-19(9-17(22)11-30(13-25(34)35)14-26(36)37)29(21-3-1-2-4-24(21)45(42,43)44-29)20-6-8-23(33)18(10-20)12-31(15-27(38)39)16-28(40)41;;;;;;;;;;;;;;;;/h1-10,32-33H,11-16H2,(H,34,35)(H,36,37)(H,38,39)(H,40,41);;;;;;;;;;;;;;;;/q;16*+1/p-4. The smallest absolute Gasteiger partial charge is 0.549 e. The number of hydrogen-bond donors (Lipinski definition) is 2. The van der Waals surface area contributed by atoms with Crippen molar-refractivity contribution in [2.75, 3.05) is 26.2 Å². The molecular weight excluding hydrogens is 984 g/mol. The summed E-state index contributed by atoms with van der Waals surface area (Å²) in [5.74, 6) is -7.21. The van der Waals surface area contributed by atoms with E-state index < -0.39 is 90.4 Å². The molecule has 3 aromatic rings. The van der Waals surface area contributed by atoms with Crippen molar-refractivity contribution in [3.8, 4) is 11.5 Å². The molecule has 3 aromatic carbocycles. The molecule has 0 radical (unpaired) electrons. The van der Waals surface area contributed by atoms with Crippen molar-refractivity contribution < 1.29 is 535 Å². The third-order valence-corrected chi connectivity index (χ3v) is 8.31. The summed E-state index contributed by atoms with van der Waals surface area (Å²) >= 11 is 0. The van der Waals surface area contributed by atoms with E-state index in [1.54, 1.807) is 0 Å². The zero-order valence-corrected chi connectivity index (χ0v) is 72.0. The number of carbonyl (C=O) groups is 4. The minimum atomic E-state index is -4.45. The second-order valence-corrected chi connectivity index (χ2v) is 11.7. The maximum atomic E-state index is 13.3. The number of benzene rings is 3. The molecule has 1 aliphatic rings. The molecule has 1 heterocycles. The second-order valence-electron chi connectivity index (χ2n) is 10.2. The monoisotopic (exact) mass is 1010 g/mol. The van der Waals surface area contributed by atoms with Crippen molar-refractivity contribution >= 4 is 34.0 Å². The van der Waals surface area contributed by atoms with E-state index in [4.69, 9.17) is 4.18 Å². The van der Waals surface area contributed by atoms with Gasteiger partial charge in [0, 0.05) is 56.0 Å². The molecule has 1 aliphatic heterocycles. The molecule has 0 fully saturated rings. The van der Waals surface area contributed by atoms with Crippen molar-refractivity contribution in [3.63, 3.8) is 0 Å². The topological polar surface area (TPSA) is 251 Å². The minimum absolute atomic E-state index is 0. The third-order valence-electron chi connectivity index (χ3n) is 6.94. The Morgan fingerprint density at radius 3 is 1.10 bits per heavy atom. The largest absolute Gasteiger partial charge is 1.00 e. The number of nitrogens with zero attached hydrogens (tertiary/aromatic N) is 2. The Labute approximate surface area is 710 Å². The zero-order valence-electron chi connectivity index (χ0n) is 39.2. The molecular formula is C29H24N2Na16O13S+12. The predicted molar refractivity (Wildman–Crippen MR) is 141 cm³/mol. The van der Waals surface area contributed by atoms with Crippen LogP contribution in [0.25, 0.3) is 0 Å². The van der Waals surface area contributed by atoms with Crippen molar-refractivity contribution in [1.29, 1.82) is 0 Å². The van der Waals surface area contributed by atoms with Gasteiger partial charge in [-0.05, 0) is 41.5 Å².